The lowest BCUT2D eigenvalue weighted by atomic mass is 9.99. The molecule has 182 valence electrons. The fourth-order valence-electron chi connectivity index (χ4n) is 3.61. The van der Waals surface area contributed by atoms with E-state index in [1.165, 1.54) is 29.9 Å². The molecule has 1 fully saturated rings. The van der Waals surface area contributed by atoms with Crippen molar-refractivity contribution in [3.8, 4) is 17.2 Å². The first-order chi connectivity index (χ1) is 15.8. The molecule has 0 saturated carbocycles. The van der Waals surface area contributed by atoms with E-state index in [9.17, 15) is 18.3 Å². The number of methoxy groups -OCH3 is 2. The molecule has 1 aliphatic rings. The molecule has 1 aliphatic heterocycles. The quantitative estimate of drug-likeness (QED) is 0.515. The van der Waals surface area contributed by atoms with Gasteiger partial charge in [-0.05, 0) is 44.0 Å². The molecule has 33 heavy (non-hydrogen) atoms. The van der Waals surface area contributed by atoms with Gasteiger partial charge < -0.3 is 24.6 Å². The lowest BCUT2D eigenvalue weighted by molar-refractivity contribution is -0.126. The van der Waals surface area contributed by atoms with Crippen molar-refractivity contribution in [3.63, 3.8) is 0 Å². The first kappa shape index (κ1) is 25.3. The number of thiophene rings is 1. The second-order valence-electron chi connectivity index (χ2n) is 7.77. The molecule has 0 spiro atoms. The molecule has 9 nitrogen and oxygen atoms in total. The number of para-hydroxylation sites is 1. The van der Waals surface area contributed by atoms with Gasteiger partial charge >= 0.3 is 0 Å². The summed E-state index contributed by atoms with van der Waals surface area (Å²) in [5.74, 6) is 0.540. The average molecular weight is 499 g/mol. The van der Waals surface area contributed by atoms with Crippen molar-refractivity contribution in [2.75, 3.05) is 40.5 Å². The SMILES string of the molecule is COc1cccc(OC)c1OCC(O)CNC(=O)C1CCCN(S(=O)(=O)c2ccc(C)s2)C1. The summed E-state index contributed by atoms with van der Waals surface area (Å²) in [5, 5.41) is 13.0. The Morgan fingerprint density at radius 2 is 1.94 bits per heavy atom. The minimum absolute atomic E-state index is 0.0241. The number of amides is 1. The van der Waals surface area contributed by atoms with Crippen LogP contribution in [0.5, 0.6) is 17.2 Å². The van der Waals surface area contributed by atoms with Crippen LogP contribution in [0, 0.1) is 12.8 Å². The van der Waals surface area contributed by atoms with Gasteiger partial charge in [0.1, 0.15) is 16.9 Å². The summed E-state index contributed by atoms with van der Waals surface area (Å²) in [6.45, 7) is 2.26. The number of carbonyl (C=O) groups is 1. The van der Waals surface area contributed by atoms with Crippen LogP contribution in [0.25, 0.3) is 0 Å². The Balaban J connectivity index is 1.52. The van der Waals surface area contributed by atoms with E-state index in [2.05, 4.69) is 5.32 Å². The molecule has 3 rings (SSSR count). The number of nitrogens with zero attached hydrogens (tertiary/aromatic N) is 1. The number of carbonyl (C=O) groups excluding carboxylic acids is 1. The largest absolute Gasteiger partial charge is 0.493 e. The third-order valence-electron chi connectivity index (χ3n) is 5.38. The van der Waals surface area contributed by atoms with E-state index in [0.717, 1.165) is 4.88 Å². The topological polar surface area (TPSA) is 114 Å². The van der Waals surface area contributed by atoms with Gasteiger partial charge in [-0.1, -0.05) is 6.07 Å². The molecule has 0 bridgehead atoms. The van der Waals surface area contributed by atoms with Crippen LogP contribution in [0.15, 0.2) is 34.5 Å². The Morgan fingerprint density at radius 3 is 2.55 bits per heavy atom. The number of aliphatic hydroxyl groups is 1. The molecule has 0 radical (unpaired) electrons. The molecule has 2 heterocycles. The van der Waals surface area contributed by atoms with Crippen LogP contribution in [0.3, 0.4) is 0 Å². The van der Waals surface area contributed by atoms with E-state index >= 15 is 0 Å². The molecule has 2 aromatic rings. The third-order valence-corrected chi connectivity index (χ3v) is 8.71. The molecule has 1 aromatic heterocycles. The Labute approximate surface area is 198 Å². The molecule has 2 atom stereocenters. The number of aliphatic hydroxyl groups excluding tert-OH is 1. The molecule has 2 N–H and O–H groups in total. The van der Waals surface area contributed by atoms with Crippen LogP contribution < -0.4 is 19.5 Å². The van der Waals surface area contributed by atoms with Gasteiger partial charge in [0, 0.05) is 24.5 Å². The number of aryl methyl sites for hydroxylation is 1. The second-order valence-corrected chi connectivity index (χ2v) is 11.2. The molecule has 1 saturated heterocycles. The minimum Gasteiger partial charge on any atom is -0.493 e. The van der Waals surface area contributed by atoms with Crippen molar-refractivity contribution in [2.24, 2.45) is 5.92 Å². The van der Waals surface area contributed by atoms with Gasteiger partial charge in [0.15, 0.2) is 11.5 Å². The van der Waals surface area contributed by atoms with E-state index in [4.69, 9.17) is 14.2 Å². The zero-order valence-corrected chi connectivity index (χ0v) is 20.6. The normalized spacial score (nSPS) is 17.9. The number of sulfonamides is 1. The first-order valence-corrected chi connectivity index (χ1v) is 12.9. The summed E-state index contributed by atoms with van der Waals surface area (Å²) in [7, 11) is -0.602. The molecule has 0 aliphatic carbocycles. The van der Waals surface area contributed by atoms with Crippen molar-refractivity contribution >= 4 is 27.3 Å². The van der Waals surface area contributed by atoms with Crippen molar-refractivity contribution in [1.82, 2.24) is 9.62 Å². The number of piperidine rings is 1. The number of hydrogen-bond donors (Lipinski definition) is 2. The van der Waals surface area contributed by atoms with Crippen LogP contribution in [0.1, 0.15) is 17.7 Å². The fourth-order valence-corrected chi connectivity index (χ4v) is 6.57. The number of nitrogens with one attached hydrogen (secondary N) is 1. The summed E-state index contributed by atoms with van der Waals surface area (Å²) in [6.07, 6.45) is 0.217. The summed E-state index contributed by atoms with van der Waals surface area (Å²) in [6, 6.07) is 8.56. The standard InChI is InChI=1S/C22H30N2O7S2/c1-15-9-10-20(32-15)33(27,28)24-11-5-6-16(13-24)22(26)23-12-17(25)14-31-21-18(29-2)7-4-8-19(21)30-3/h4,7-10,16-17,25H,5-6,11-14H2,1-3H3,(H,23,26). The van der Waals surface area contributed by atoms with Crippen molar-refractivity contribution in [2.45, 2.75) is 30.1 Å². The number of rotatable bonds is 10. The maximum atomic E-state index is 12.9. The van der Waals surface area contributed by atoms with Gasteiger partial charge in [0.05, 0.1) is 20.1 Å². The number of hydrogen-bond acceptors (Lipinski definition) is 8. The van der Waals surface area contributed by atoms with E-state index in [-0.39, 0.29) is 25.6 Å². The fraction of sp³-hybridized carbons (Fsp3) is 0.500. The highest BCUT2D eigenvalue weighted by Gasteiger charge is 2.34. The van der Waals surface area contributed by atoms with Crippen molar-refractivity contribution in [1.29, 1.82) is 0 Å². The van der Waals surface area contributed by atoms with Crippen LogP contribution in [-0.2, 0) is 14.8 Å². The zero-order valence-electron chi connectivity index (χ0n) is 18.9. The van der Waals surface area contributed by atoms with E-state index in [1.807, 2.05) is 6.92 Å². The Morgan fingerprint density at radius 1 is 1.24 bits per heavy atom. The van der Waals surface area contributed by atoms with E-state index < -0.39 is 22.0 Å². The highest BCUT2D eigenvalue weighted by atomic mass is 32.2. The number of benzene rings is 1. The van der Waals surface area contributed by atoms with Gasteiger partial charge in [0.25, 0.3) is 10.0 Å². The third kappa shape index (κ3) is 6.17. The van der Waals surface area contributed by atoms with Gasteiger partial charge in [-0.25, -0.2) is 8.42 Å². The highest BCUT2D eigenvalue weighted by Crippen LogP contribution is 2.36. The smallest absolute Gasteiger partial charge is 0.252 e. The van der Waals surface area contributed by atoms with Gasteiger partial charge in [-0.15, -0.1) is 11.3 Å². The number of ether oxygens (including phenoxy) is 3. The maximum absolute atomic E-state index is 12.9. The minimum atomic E-state index is -3.61. The summed E-state index contributed by atoms with van der Waals surface area (Å²) in [5.41, 5.74) is 0. The summed E-state index contributed by atoms with van der Waals surface area (Å²) < 4.78 is 43.6. The Kier molecular flexibility index (Phi) is 8.57. The monoisotopic (exact) mass is 498 g/mol. The van der Waals surface area contributed by atoms with Gasteiger partial charge in [-0.3, -0.25) is 4.79 Å². The predicted molar refractivity (Wildman–Crippen MR) is 125 cm³/mol. The van der Waals surface area contributed by atoms with Crippen molar-refractivity contribution < 1.29 is 32.5 Å². The van der Waals surface area contributed by atoms with Crippen LogP contribution in [-0.4, -0.2) is 70.3 Å². The van der Waals surface area contributed by atoms with Crippen LogP contribution in [0.2, 0.25) is 0 Å². The molecular formula is C22H30N2O7S2. The summed E-state index contributed by atoms with van der Waals surface area (Å²) >= 11 is 1.23. The highest BCUT2D eigenvalue weighted by molar-refractivity contribution is 7.91. The molecule has 2 unspecified atom stereocenters. The van der Waals surface area contributed by atoms with E-state index in [0.29, 0.717) is 40.8 Å². The lowest BCUT2D eigenvalue weighted by Gasteiger charge is -2.31. The van der Waals surface area contributed by atoms with E-state index in [1.54, 1.807) is 30.3 Å². The first-order valence-electron chi connectivity index (χ1n) is 10.6. The predicted octanol–water partition coefficient (Wildman–Crippen LogP) is 2.03. The summed E-state index contributed by atoms with van der Waals surface area (Å²) in [4.78, 5) is 13.6. The second kappa shape index (κ2) is 11.2. The molecule has 1 amide bonds. The van der Waals surface area contributed by atoms with Gasteiger partial charge in [-0.2, -0.15) is 4.31 Å². The molecular weight excluding hydrogens is 468 g/mol. The average Bonchev–Trinajstić information content (AvgIpc) is 3.28. The Hall–Kier alpha value is -2.34. The lowest BCUT2D eigenvalue weighted by Crippen LogP contribution is -2.46. The Bertz CT molecular complexity index is 1030. The molecule has 11 heteroatoms. The maximum Gasteiger partial charge on any atom is 0.252 e. The van der Waals surface area contributed by atoms with Crippen LogP contribution in [0.4, 0.5) is 0 Å². The van der Waals surface area contributed by atoms with Crippen molar-refractivity contribution in [3.05, 3.63) is 35.2 Å². The molecule has 1 aromatic carbocycles. The van der Waals surface area contributed by atoms with Gasteiger partial charge in [0.2, 0.25) is 11.7 Å². The van der Waals surface area contributed by atoms with Crippen LogP contribution >= 0.6 is 11.3 Å². The zero-order chi connectivity index (χ0) is 24.0.